The molecule has 0 radical (unpaired) electrons. The van der Waals surface area contributed by atoms with E-state index in [2.05, 4.69) is 15.6 Å². The molecule has 0 unspecified atom stereocenters. The first-order valence-corrected chi connectivity index (χ1v) is 15.7. The molecule has 3 amide bonds. The number of rotatable bonds is 9. The van der Waals surface area contributed by atoms with Gasteiger partial charge in [-0.3, -0.25) is 19.4 Å². The highest BCUT2D eigenvalue weighted by atomic mass is 19.4. The van der Waals surface area contributed by atoms with Crippen LogP contribution in [0.5, 0.6) is 0 Å². The number of pyridine rings is 1. The predicted molar refractivity (Wildman–Crippen MR) is 185 cm³/mol. The standard InChI is InChI=1S/C39H32F3N5O3/c1-46(24-25-10-5-3-6-11-25)38(50)35(26-12-7-4-8-13-26)45-37(49)33-23-28-22-30(19-20-32(28)47(33)2)44-36(48)31-14-9-21-43-34(31)27-15-17-29(18-16-27)39(40,41)42/h3-23,35H,24H2,1-2H3,(H,44,48)(H,45,49)/t35-/m0/s1. The Kier molecular flexibility index (Phi) is 9.49. The third-order valence-electron chi connectivity index (χ3n) is 8.37. The first kappa shape index (κ1) is 33.7. The fourth-order valence-electron chi connectivity index (χ4n) is 5.77. The first-order valence-electron chi connectivity index (χ1n) is 15.7. The third kappa shape index (κ3) is 7.26. The van der Waals surface area contributed by atoms with Gasteiger partial charge in [-0.15, -0.1) is 0 Å². The highest BCUT2D eigenvalue weighted by molar-refractivity contribution is 6.09. The largest absolute Gasteiger partial charge is 0.416 e. The van der Waals surface area contributed by atoms with Gasteiger partial charge in [-0.05, 0) is 59.7 Å². The van der Waals surface area contributed by atoms with E-state index in [4.69, 9.17) is 0 Å². The molecule has 2 aromatic heterocycles. The number of nitrogens with one attached hydrogen (secondary N) is 2. The predicted octanol–water partition coefficient (Wildman–Crippen LogP) is 7.64. The molecule has 0 bridgehead atoms. The van der Waals surface area contributed by atoms with Gasteiger partial charge in [0.1, 0.15) is 11.7 Å². The zero-order valence-corrected chi connectivity index (χ0v) is 27.1. The molecule has 1 atom stereocenters. The average Bonchev–Trinajstić information content (AvgIpc) is 3.46. The number of aryl methyl sites for hydroxylation is 1. The van der Waals surface area contributed by atoms with Gasteiger partial charge >= 0.3 is 6.18 Å². The van der Waals surface area contributed by atoms with Gasteiger partial charge in [-0.2, -0.15) is 13.2 Å². The molecule has 8 nitrogen and oxygen atoms in total. The topological polar surface area (TPSA) is 96.3 Å². The number of amides is 3. The summed E-state index contributed by atoms with van der Waals surface area (Å²) >= 11 is 0. The summed E-state index contributed by atoms with van der Waals surface area (Å²) in [7, 11) is 3.43. The van der Waals surface area contributed by atoms with E-state index in [1.807, 2.05) is 48.5 Å². The van der Waals surface area contributed by atoms with Crippen molar-refractivity contribution in [2.24, 2.45) is 7.05 Å². The Hall–Kier alpha value is -6.23. The second kappa shape index (κ2) is 14.1. The molecule has 50 heavy (non-hydrogen) atoms. The maximum Gasteiger partial charge on any atom is 0.416 e. The minimum Gasteiger partial charge on any atom is -0.340 e. The van der Waals surface area contributed by atoms with E-state index >= 15 is 0 Å². The summed E-state index contributed by atoms with van der Waals surface area (Å²) in [5.74, 6) is -1.24. The van der Waals surface area contributed by atoms with Crippen LogP contribution in [0.2, 0.25) is 0 Å². The van der Waals surface area contributed by atoms with Crippen molar-refractivity contribution >= 4 is 34.3 Å². The van der Waals surface area contributed by atoms with E-state index in [1.165, 1.54) is 18.3 Å². The van der Waals surface area contributed by atoms with Crippen molar-refractivity contribution in [1.29, 1.82) is 0 Å². The summed E-state index contributed by atoms with van der Waals surface area (Å²) in [4.78, 5) is 46.7. The van der Waals surface area contributed by atoms with Crippen LogP contribution < -0.4 is 10.6 Å². The second-order valence-electron chi connectivity index (χ2n) is 11.8. The van der Waals surface area contributed by atoms with Crippen LogP contribution >= 0.6 is 0 Å². The fraction of sp³-hybridized carbons (Fsp3) is 0.128. The minimum atomic E-state index is -4.49. The number of halogens is 3. The number of nitrogens with zero attached hydrogens (tertiary/aromatic N) is 3. The molecular formula is C39H32F3N5O3. The van der Waals surface area contributed by atoms with Crippen LogP contribution in [-0.2, 0) is 24.6 Å². The first-order chi connectivity index (χ1) is 24.0. The second-order valence-corrected chi connectivity index (χ2v) is 11.8. The van der Waals surface area contributed by atoms with Gasteiger partial charge in [0.15, 0.2) is 0 Å². The lowest BCUT2D eigenvalue weighted by molar-refractivity contribution is -0.137. The molecule has 0 spiro atoms. The van der Waals surface area contributed by atoms with E-state index in [0.717, 1.165) is 17.7 Å². The maximum absolute atomic E-state index is 13.8. The smallest absolute Gasteiger partial charge is 0.340 e. The zero-order chi connectivity index (χ0) is 35.4. The highest BCUT2D eigenvalue weighted by Gasteiger charge is 2.30. The molecule has 11 heteroatoms. The van der Waals surface area contributed by atoms with Crippen molar-refractivity contribution in [1.82, 2.24) is 19.8 Å². The van der Waals surface area contributed by atoms with E-state index in [9.17, 15) is 27.6 Å². The maximum atomic E-state index is 13.8. The van der Waals surface area contributed by atoms with Gasteiger partial charge in [-0.1, -0.05) is 72.8 Å². The SMILES string of the molecule is CN(Cc1ccccc1)C(=O)[C@@H](NC(=O)c1cc2cc(NC(=O)c3cccnc3-c3ccc(C(F)(F)F)cc3)ccc2n1C)c1ccccc1. The van der Waals surface area contributed by atoms with Crippen LogP contribution in [0.15, 0.2) is 128 Å². The number of likely N-dealkylation sites (N-methyl/N-ethyl adjacent to an activating group) is 1. The summed E-state index contributed by atoms with van der Waals surface area (Å²) in [6.45, 7) is 0.367. The zero-order valence-electron chi connectivity index (χ0n) is 27.1. The monoisotopic (exact) mass is 675 g/mol. The molecule has 0 fully saturated rings. The van der Waals surface area contributed by atoms with Crippen LogP contribution in [0.1, 0.15) is 43.6 Å². The quantitative estimate of drug-likeness (QED) is 0.165. The number of alkyl halides is 3. The van der Waals surface area contributed by atoms with Crippen LogP contribution in [0, 0.1) is 0 Å². The van der Waals surface area contributed by atoms with Crippen molar-refractivity contribution in [3.8, 4) is 11.3 Å². The van der Waals surface area contributed by atoms with Gasteiger partial charge < -0.3 is 20.1 Å². The van der Waals surface area contributed by atoms with E-state index in [1.54, 1.807) is 72.1 Å². The molecule has 0 aliphatic rings. The Morgan fingerprint density at radius 1 is 0.820 bits per heavy atom. The van der Waals surface area contributed by atoms with E-state index in [-0.39, 0.29) is 17.2 Å². The molecular weight excluding hydrogens is 643 g/mol. The number of hydrogen-bond donors (Lipinski definition) is 2. The summed E-state index contributed by atoms with van der Waals surface area (Å²) < 4.78 is 41.0. The van der Waals surface area contributed by atoms with Crippen molar-refractivity contribution < 1.29 is 27.6 Å². The highest BCUT2D eigenvalue weighted by Crippen LogP contribution is 2.32. The summed E-state index contributed by atoms with van der Waals surface area (Å²) in [5, 5.41) is 6.43. The van der Waals surface area contributed by atoms with Crippen LogP contribution in [0.4, 0.5) is 18.9 Å². The molecule has 2 heterocycles. The average molecular weight is 676 g/mol. The molecule has 252 valence electrons. The number of anilines is 1. The number of aromatic nitrogens is 2. The summed E-state index contributed by atoms with van der Waals surface area (Å²) in [5.41, 5.74) is 3.01. The van der Waals surface area contributed by atoms with Crippen molar-refractivity contribution in [3.05, 3.63) is 155 Å². The molecule has 6 rings (SSSR count). The lowest BCUT2D eigenvalue weighted by atomic mass is 10.0. The number of carbonyl (C=O) groups is 3. The lowest BCUT2D eigenvalue weighted by Crippen LogP contribution is -2.41. The Morgan fingerprint density at radius 2 is 1.50 bits per heavy atom. The molecule has 2 N–H and O–H groups in total. The van der Waals surface area contributed by atoms with Gasteiger partial charge in [0.2, 0.25) is 5.91 Å². The Morgan fingerprint density at radius 3 is 2.18 bits per heavy atom. The molecule has 0 saturated heterocycles. The number of hydrogen-bond acceptors (Lipinski definition) is 4. The normalized spacial score (nSPS) is 11.9. The van der Waals surface area contributed by atoms with Crippen LogP contribution in [0.3, 0.4) is 0 Å². The molecule has 6 aromatic rings. The van der Waals surface area contributed by atoms with Crippen LogP contribution in [-0.4, -0.2) is 39.2 Å². The summed E-state index contributed by atoms with van der Waals surface area (Å²) in [6, 6.07) is 32.1. The molecule has 0 saturated carbocycles. The van der Waals surface area contributed by atoms with Crippen LogP contribution in [0.25, 0.3) is 22.2 Å². The summed E-state index contributed by atoms with van der Waals surface area (Å²) in [6.07, 6.45) is -3.02. The lowest BCUT2D eigenvalue weighted by Gasteiger charge is -2.25. The Balaban J connectivity index is 1.22. The van der Waals surface area contributed by atoms with Crippen molar-refractivity contribution in [2.75, 3.05) is 12.4 Å². The van der Waals surface area contributed by atoms with Crippen molar-refractivity contribution in [3.63, 3.8) is 0 Å². The minimum absolute atomic E-state index is 0.175. The number of benzene rings is 4. The van der Waals surface area contributed by atoms with Gasteiger partial charge in [0, 0.05) is 49.0 Å². The van der Waals surface area contributed by atoms with Gasteiger partial charge in [0.05, 0.1) is 16.8 Å². The molecule has 0 aliphatic heterocycles. The molecule has 0 aliphatic carbocycles. The van der Waals surface area contributed by atoms with Gasteiger partial charge in [0.25, 0.3) is 11.8 Å². The van der Waals surface area contributed by atoms with E-state index < -0.39 is 29.6 Å². The van der Waals surface area contributed by atoms with Gasteiger partial charge in [-0.25, -0.2) is 0 Å². The molecule has 4 aromatic carbocycles. The van der Waals surface area contributed by atoms with E-state index in [0.29, 0.717) is 40.0 Å². The van der Waals surface area contributed by atoms with Crippen molar-refractivity contribution in [2.45, 2.75) is 18.8 Å². The number of fused-ring (bicyclic) bond motifs is 1. The number of carbonyl (C=O) groups excluding carboxylic acids is 3. The third-order valence-corrected chi connectivity index (χ3v) is 8.37. The Bertz CT molecular complexity index is 2170. The fourth-order valence-corrected chi connectivity index (χ4v) is 5.77. The Labute approximate surface area is 286 Å².